The van der Waals surface area contributed by atoms with Crippen molar-refractivity contribution >= 4 is 5.91 Å². The van der Waals surface area contributed by atoms with Gasteiger partial charge in [-0.3, -0.25) is 14.6 Å². The zero-order chi connectivity index (χ0) is 22.2. The summed E-state index contributed by atoms with van der Waals surface area (Å²) < 4.78 is 11.1. The molecule has 2 aromatic rings. The van der Waals surface area contributed by atoms with Gasteiger partial charge in [0, 0.05) is 38.8 Å². The summed E-state index contributed by atoms with van der Waals surface area (Å²) in [7, 11) is 0. The maximum Gasteiger partial charge on any atom is 0.273 e. The molecule has 1 aromatic carbocycles. The molecule has 1 aromatic heterocycles. The molecule has 1 saturated heterocycles. The van der Waals surface area contributed by atoms with Gasteiger partial charge >= 0.3 is 0 Å². The molecule has 7 nitrogen and oxygen atoms in total. The molecular weight excluding hydrogens is 392 g/mol. The quantitative estimate of drug-likeness (QED) is 0.627. The number of nitrogens with zero attached hydrogens (tertiary/aromatic N) is 3. The van der Waals surface area contributed by atoms with Crippen molar-refractivity contribution in [1.82, 2.24) is 20.1 Å². The van der Waals surface area contributed by atoms with E-state index >= 15 is 0 Å². The van der Waals surface area contributed by atoms with Gasteiger partial charge in [0.05, 0.1) is 19.8 Å². The summed E-state index contributed by atoms with van der Waals surface area (Å²) in [6.45, 7) is 15.1. The van der Waals surface area contributed by atoms with Crippen molar-refractivity contribution in [3.8, 4) is 0 Å². The molecule has 0 saturated carbocycles. The smallest absolute Gasteiger partial charge is 0.273 e. The van der Waals surface area contributed by atoms with Gasteiger partial charge in [-0.1, -0.05) is 30.7 Å². The van der Waals surface area contributed by atoms with Crippen molar-refractivity contribution in [2.45, 2.75) is 53.2 Å². The van der Waals surface area contributed by atoms with E-state index in [0.717, 1.165) is 52.4 Å². The first-order valence-corrected chi connectivity index (χ1v) is 11.3. The lowest BCUT2D eigenvalue weighted by Gasteiger charge is -2.30. The predicted molar refractivity (Wildman–Crippen MR) is 121 cm³/mol. The van der Waals surface area contributed by atoms with E-state index in [1.807, 2.05) is 13.8 Å². The zero-order valence-electron chi connectivity index (χ0n) is 19.3. The molecule has 3 rings (SSSR count). The number of amides is 1. The molecule has 1 atom stereocenters. The van der Waals surface area contributed by atoms with Gasteiger partial charge in [-0.05, 0) is 38.3 Å². The minimum absolute atomic E-state index is 0.113. The van der Waals surface area contributed by atoms with Gasteiger partial charge in [-0.25, -0.2) is 4.98 Å². The molecule has 0 radical (unpaired) electrons. The maximum atomic E-state index is 12.3. The number of hydrogen-bond donors (Lipinski definition) is 1. The Morgan fingerprint density at radius 2 is 2.03 bits per heavy atom. The number of carbonyl (C=O) groups is 1. The molecule has 1 unspecified atom stereocenters. The van der Waals surface area contributed by atoms with Crippen LogP contribution in [0.25, 0.3) is 0 Å². The van der Waals surface area contributed by atoms with Crippen LogP contribution in [0.5, 0.6) is 0 Å². The van der Waals surface area contributed by atoms with Crippen LogP contribution < -0.4 is 5.32 Å². The molecule has 1 aliphatic rings. The number of morpholine rings is 1. The minimum atomic E-state index is -0.182. The van der Waals surface area contributed by atoms with Crippen molar-refractivity contribution in [2.75, 3.05) is 39.4 Å². The summed E-state index contributed by atoms with van der Waals surface area (Å²) in [5, 5.41) is 2.94. The van der Waals surface area contributed by atoms with Gasteiger partial charge in [0.1, 0.15) is 6.26 Å². The Hall–Kier alpha value is -2.22. The van der Waals surface area contributed by atoms with Crippen molar-refractivity contribution < 1.29 is 13.9 Å². The Bertz CT molecular complexity index is 845. The molecule has 0 bridgehead atoms. The maximum absolute atomic E-state index is 12.3. The van der Waals surface area contributed by atoms with Gasteiger partial charge < -0.3 is 14.5 Å². The average Bonchev–Trinajstić information content (AvgIpc) is 3.23. The van der Waals surface area contributed by atoms with Crippen molar-refractivity contribution in [1.29, 1.82) is 0 Å². The Kier molecular flexibility index (Phi) is 8.63. The van der Waals surface area contributed by atoms with Crippen molar-refractivity contribution in [2.24, 2.45) is 0 Å². The third-order valence-corrected chi connectivity index (χ3v) is 5.86. The van der Waals surface area contributed by atoms with E-state index in [1.165, 1.54) is 23.0 Å². The van der Waals surface area contributed by atoms with Crippen LogP contribution in [0.4, 0.5) is 0 Å². The second kappa shape index (κ2) is 11.4. The van der Waals surface area contributed by atoms with Crippen LogP contribution in [-0.2, 0) is 17.8 Å². The Morgan fingerprint density at radius 3 is 2.74 bits per heavy atom. The van der Waals surface area contributed by atoms with Crippen LogP contribution in [0.3, 0.4) is 0 Å². The van der Waals surface area contributed by atoms with Gasteiger partial charge in [0.25, 0.3) is 5.91 Å². The Morgan fingerprint density at radius 1 is 1.26 bits per heavy atom. The molecule has 0 aliphatic carbocycles. The summed E-state index contributed by atoms with van der Waals surface area (Å²) in [5.41, 5.74) is 4.20. The monoisotopic (exact) mass is 428 g/mol. The van der Waals surface area contributed by atoms with E-state index in [1.54, 1.807) is 0 Å². The number of aryl methyl sites for hydroxylation is 2. The van der Waals surface area contributed by atoms with Gasteiger partial charge in [-0.15, -0.1) is 0 Å². The number of ether oxygens (including phenoxy) is 1. The molecule has 170 valence electrons. The molecule has 7 heteroatoms. The number of benzene rings is 1. The van der Waals surface area contributed by atoms with E-state index in [0.29, 0.717) is 18.1 Å². The fraction of sp³-hybridized carbons (Fsp3) is 0.583. The lowest BCUT2D eigenvalue weighted by molar-refractivity contribution is 0.0320. The highest BCUT2D eigenvalue weighted by molar-refractivity contribution is 5.92. The van der Waals surface area contributed by atoms with Crippen LogP contribution in [-0.4, -0.2) is 66.1 Å². The third kappa shape index (κ3) is 7.16. The molecule has 2 heterocycles. The summed E-state index contributed by atoms with van der Waals surface area (Å²) in [4.78, 5) is 21.6. The lowest BCUT2D eigenvalue weighted by atomic mass is 10.1. The van der Waals surface area contributed by atoms with Gasteiger partial charge in [-0.2, -0.15) is 0 Å². The van der Waals surface area contributed by atoms with E-state index in [-0.39, 0.29) is 11.9 Å². The van der Waals surface area contributed by atoms with Crippen LogP contribution in [0.2, 0.25) is 0 Å². The normalized spacial score (nSPS) is 15.9. The highest BCUT2D eigenvalue weighted by atomic mass is 16.5. The van der Waals surface area contributed by atoms with Crippen LogP contribution in [0.1, 0.15) is 53.3 Å². The Balaban J connectivity index is 1.67. The van der Waals surface area contributed by atoms with Crippen LogP contribution >= 0.6 is 0 Å². The SMILES string of the molecule is CCC(C)NC(=O)c1coc(CN(CCN2CCOCC2)Cc2ccc(C)cc2C)n1. The number of oxazole rings is 1. The summed E-state index contributed by atoms with van der Waals surface area (Å²) >= 11 is 0. The fourth-order valence-corrected chi connectivity index (χ4v) is 3.66. The first kappa shape index (κ1) is 23.4. The van der Waals surface area contributed by atoms with E-state index in [2.05, 4.69) is 52.1 Å². The standard InChI is InChI=1S/C24H36N4O3/c1-5-20(4)25-24(29)22-17-31-23(26-22)16-28(9-8-27-10-12-30-13-11-27)15-21-7-6-18(2)14-19(21)3/h6-7,14,17,20H,5,8-13,15-16H2,1-4H3,(H,25,29). The fourth-order valence-electron chi connectivity index (χ4n) is 3.66. The molecule has 1 amide bonds. The Labute approximate surface area is 185 Å². The van der Waals surface area contributed by atoms with E-state index in [9.17, 15) is 4.79 Å². The number of nitrogens with one attached hydrogen (secondary N) is 1. The summed E-state index contributed by atoms with van der Waals surface area (Å²) in [5.74, 6) is 0.389. The van der Waals surface area contributed by atoms with E-state index in [4.69, 9.17) is 9.15 Å². The first-order valence-electron chi connectivity index (χ1n) is 11.3. The molecule has 1 aliphatic heterocycles. The number of aromatic nitrogens is 1. The zero-order valence-corrected chi connectivity index (χ0v) is 19.3. The van der Waals surface area contributed by atoms with Gasteiger partial charge in [0.2, 0.25) is 5.89 Å². The molecule has 1 N–H and O–H groups in total. The molecule has 1 fully saturated rings. The number of rotatable bonds is 10. The second-order valence-electron chi connectivity index (χ2n) is 8.50. The predicted octanol–water partition coefficient (Wildman–Crippen LogP) is 3.15. The molecular formula is C24H36N4O3. The summed E-state index contributed by atoms with van der Waals surface area (Å²) in [6, 6.07) is 6.69. The lowest BCUT2D eigenvalue weighted by Crippen LogP contribution is -2.41. The average molecular weight is 429 g/mol. The van der Waals surface area contributed by atoms with Crippen molar-refractivity contribution in [3.05, 3.63) is 52.7 Å². The largest absolute Gasteiger partial charge is 0.447 e. The van der Waals surface area contributed by atoms with Crippen LogP contribution in [0.15, 0.2) is 28.9 Å². The van der Waals surface area contributed by atoms with Gasteiger partial charge in [0.15, 0.2) is 5.69 Å². The van der Waals surface area contributed by atoms with Crippen LogP contribution in [0, 0.1) is 13.8 Å². The second-order valence-corrected chi connectivity index (χ2v) is 8.50. The van der Waals surface area contributed by atoms with Crippen molar-refractivity contribution in [3.63, 3.8) is 0 Å². The summed E-state index contributed by atoms with van der Waals surface area (Å²) in [6.07, 6.45) is 2.34. The third-order valence-electron chi connectivity index (χ3n) is 5.86. The highest BCUT2D eigenvalue weighted by Crippen LogP contribution is 2.16. The minimum Gasteiger partial charge on any atom is -0.447 e. The molecule has 0 spiro atoms. The number of carbonyl (C=O) groups excluding carboxylic acids is 1. The number of hydrogen-bond acceptors (Lipinski definition) is 6. The van der Waals surface area contributed by atoms with E-state index < -0.39 is 0 Å². The highest BCUT2D eigenvalue weighted by Gasteiger charge is 2.18. The topological polar surface area (TPSA) is 70.8 Å². The molecule has 31 heavy (non-hydrogen) atoms. The first-order chi connectivity index (χ1) is 14.9.